The van der Waals surface area contributed by atoms with Crippen molar-refractivity contribution in [2.45, 2.75) is 38.6 Å². The van der Waals surface area contributed by atoms with Gasteiger partial charge in [-0.05, 0) is 38.5 Å². The predicted octanol–water partition coefficient (Wildman–Crippen LogP) is 1.89. The largest absolute Gasteiger partial charge is 0.462 e. The smallest absolute Gasteiger partial charge is 0.348 e. The number of ether oxygens (including phenoxy) is 2. The van der Waals surface area contributed by atoms with E-state index >= 15 is 0 Å². The lowest BCUT2D eigenvalue weighted by Crippen LogP contribution is -2.44. The van der Waals surface area contributed by atoms with Crippen molar-refractivity contribution >= 4 is 5.97 Å². The van der Waals surface area contributed by atoms with Gasteiger partial charge < -0.3 is 9.47 Å². The average molecular weight is 292 g/mol. The van der Waals surface area contributed by atoms with E-state index in [0.29, 0.717) is 18.6 Å². The monoisotopic (exact) mass is 292 g/mol. The zero-order valence-corrected chi connectivity index (χ0v) is 12.7. The minimum atomic E-state index is -0.490. The number of rotatable bonds is 4. The lowest BCUT2D eigenvalue weighted by molar-refractivity contribution is -0.138. The molecule has 2 rings (SSSR count). The first-order chi connectivity index (χ1) is 10.2. The Kier molecular flexibility index (Phi) is 6.21. The molecule has 0 unspecified atom stereocenters. The van der Waals surface area contributed by atoms with Crippen LogP contribution in [0.25, 0.3) is 0 Å². The highest BCUT2D eigenvalue weighted by Gasteiger charge is 2.26. The molecule has 0 aromatic rings. The van der Waals surface area contributed by atoms with Crippen molar-refractivity contribution in [2.75, 3.05) is 32.9 Å². The quantitative estimate of drug-likeness (QED) is 0.450. The molecule has 21 heavy (non-hydrogen) atoms. The summed E-state index contributed by atoms with van der Waals surface area (Å²) in [5.41, 5.74) is 0.159. The van der Waals surface area contributed by atoms with E-state index in [2.05, 4.69) is 4.90 Å². The van der Waals surface area contributed by atoms with Gasteiger partial charge in [-0.1, -0.05) is 6.08 Å². The van der Waals surface area contributed by atoms with Crippen LogP contribution in [0.1, 0.15) is 32.6 Å². The number of hydrogen-bond acceptors (Lipinski definition) is 5. The maximum atomic E-state index is 11.6. The normalized spacial score (nSPS) is 27.9. The summed E-state index contributed by atoms with van der Waals surface area (Å²) in [5, 5.41) is 9.07. The van der Waals surface area contributed by atoms with Crippen LogP contribution >= 0.6 is 0 Å². The standard InChI is InChI=1S/C16H24N2O3/c1-2-21-16(19)14(12-17)11-13-3-5-15(6-4-13)18-7-9-20-10-8-18/h11,13,15H,2-10H2,1H3/b14-11-. The molecule has 1 aliphatic carbocycles. The van der Waals surface area contributed by atoms with E-state index in [0.717, 1.165) is 52.0 Å². The molecule has 0 aromatic carbocycles. The minimum Gasteiger partial charge on any atom is -0.462 e. The molecule has 0 amide bonds. The molecule has 0 aromatic heterocycles. The first-order valence-electron chi connectivity index (χ1n) is 7.85. The second kappa shape index (κ2) is 8.16. The van der Waals surface area contributed by atoms with Crippen LogP contribution in [0.15, 0.2) is 11.6 Å². The van der Waals surface area contributed by atoms with Crippen LogP contribution < -0.4 is 0 Å². The minimum absolute atomic E-state index is 0.159. The molecule has 0 spiro atoms. The molecule has 5 heteroatoms. The number of carbonyl (C=O) groups is 1. The summed E-state index contributed by atoms with van der Waals surface area (Å²) in [6.07, 6.45) is 6.14. The van der Waals surface area contributed by atoms with Crippen LogP contribution in [0.5, 0.6) is 0 Å². The highest BCUT2D eigenvalue weighted by Crippen LogP contribution is 2.29. The highest BCUT2D eigenvalue weighted by molar-refractivity contribution is 5.92. The lowest BCUT2D eigenvalue weighted by atomic mass is 9.84. The van der Waals surface area contributed by atoms with Gasteiger partial charge in [0.25, 0.3) is 0 Å². The van der Waals surface area contributed by atoms with Gasteiger partial charge in [-0.15, -0.1) is 0 Å². The Hall–Kier alpha value is -1.38. The molecule has 0 radical (unpaired) electrons. The third kappa shape index (κ3) is 4.55. The molecule has 0 bridgehead atoms. The zero-order valence-electron chi connectivity index (χ0n) is 12.7. The Morgan fingerprint density at radius 2 is 2.00 bits per heavy atom. The summed E-state index contributed by atoms with van der Waals surface area (Å²) in [6, 6.07) is 2.60. The molecule has 2 aliphatic rings. The van der Waals surface area contributed by atoms with Crippen molar-refractivity contribution in [2.24, 2.45) is 5.92 Å². The first-order valence-corrected chi connectivity index (χ1v) is 7.85. The molecule has 0 atom stereocenters. The van der Waals surface area contributed by atoms with E-state index in [1.807, 2.05) is 12.1 Å². The van der Waals surface area contributed by atoms with Crippen molar-refractivity contribution in [3.05, 3.63) is 11.6 Å². The van der Waals surface area contributed by atoms with Gasteiger partial charge in [0.05, 0.1) is 19.8 Å². The van der Waals surface area contributed by atoms with Crippen molar-refractivity contribution in [3.8, 4) is 6.07 Å². The molecule has 1 saturated heterocycles. The summed E-state index contributed by atoms with van der Waals surface area (Å²) in [6.45, 7) is 5.78. The molecule has 2 fully saturated rings. The Morgan fingerprint density at radius 1 is 1.33 bits per heavy atom. The fourth-order valence-corrected chi connectivity index (χ4v) is 3.17. The lowest BCUT2D eigenvalue weighted by Gasteiger charge is -2.38. The van der Waals surface area contributed by atoms with Crippen LogP contribution in [0.2, 0.25) is 0 Å². The van der Waals surface area contributed by atoms with Gasteiger partial charge in [-0.25, -0.2) is 4.79 Å². The van der Waals surface area contributed by atoms with E-state index in [-0.39, 0.29) is 5.57 Å². The summed E-state index contributed by atoms with van der Waals surface area (Å²) in [7, 11) is 0. The van der Waals surface area contributed by atoms with Gasteiger partial charge in [0, 0.05) is 19.1 Å². The molecule has 116 valence electrons. The Balaban J connectivity index is 1.85. The van der Waals surface area contributed by atoms with E-state index in [1.54, 1.807) is 6.92 Å². The van der Waals surface area contributed by atoms with E-state index in [4.69, 9.17) is 14.7 Å². The van der Waals surface area contributed by atoms with Crippen molar-refractivity contribution in [1.82, 2.24) is 4.90 Å². The number of hydrogen-bond donors (Lipinski definition) is 0. The number of nitrogens with zero attached hydrogens (tertiary/aromatic N) is 2. The Bertz CT molecular complexity index is 414. The van der Waals surface area contributed by atoms with Crippen molar-refractivity contribution in [1.29, 1.82) is 5.26 Å². The van der Waals surface area contributed by atoms with Gasteiger partial charge in [-0.3, -0.25) is 4.90 Å². The first kappa shape index (κ1) is 16.0. The Morgan fingerprint density at radius 3 is 2.57 bits per heavy atom. The predicted molar refractivity (Wildman–Crippen MR) is 78.5 cm³/mol. The summed E-state index contributed by atoms with van der Waals surface area (Å²) in [4.78, 5) is 14.1. The zero-order chi connectivity index (χ0) is 15.1. The number of morpholine rings is 1. The van der Waals surface area contributed by atoms with Gasteiger partial charge in [-0.2, -0.15) is 5.26 Å². The van der Waals surface area contributed by atoms with Crippen LogP contribution in [-0.2, 0) is 14.3 Å². The van der Waals surface area contributed by atoms with Crippen molar-refractivity contribution in [3.63, 3.8) is 0 Å². The number of allylic oxidation sites excluding steroid dienone is 1. The number of nitriles is 1. The summed E-state index contributed by atoms with van der Waals surface area (Å²) < 4.78 is 10.3. The van der Waals surface area contributed by atoms with Crippen LogP contribution in [-0.4, -0.2) is 49.8 Å². The fourth-order valence-electron chi connectivity index (χ4n) is 3.17. The summed E-state index contributed by atoms with van der Waals surface area (Å²) in [5.74, 6) is -0.170. The molecule has 5 nitrogen and oxygen atoms in total. The Labute approximate surface area is 126 Å². The van der Waals surface area contributed by atoms with E-state index in [9.17, 15) is 4.79 Å². The molecule has 1 heterocycles. The second-order valence-electron chi connectivity index (χ2n) is 5.63. The molecular formula is C16H24N2O3. The van der Waals surface area contributed by atoms with Crippen LogP contribution in [0, 0.1) is 17.2 Å². The highest BCUT2D eigenvalue weighted by atomic mass is 16.5. The fraction of sp³-hybridized carbons (Fsp3) is 0.750. The van der Waals surface area contributed by atoms with Gasteiger partial charge in [0.2, 0.25) is 0 Å². The SMILES string of the molecule is CCOC(=O)/C(C#N)=C\C1CCC(N2CCOCC2)CC1. The number of carbonyl (C=O) groups excluding carboxylic acids is 1. The molecule has 0 N–H and O–H groups in total. The van der Waals surface area contributed by atoms with Crippen LogP contribution in [0.3, 0.4) is 0 Å². The van der Waals surface area contributed by atoms with Gasteiger partial charge in [0.15, 0.2) is 0 Å². The molecular weight excluding hydrogens is 268 g/mol. The van der Waals surface area contributed by atoms with E-state index < -0.39 is 5.97 Å². The maximum absolute atomic E-state index is 11.6. The second-order valence-corrected chi connectivity index (χ2v) is 5.63. The van der Waals surface area contributed by atoms with Crippen LogP contribution in [0.4, 0.5) is 0 Å². The van der Waals surface area contributed by atoms with Crippen molar-refractivity contribution < 1.29 is 14.3 Å². The summed E-state index contributed by atoms with van der Waals surface area (Å²) >= 11 is 0. The molecule has 1 aliphatic heterocycles. The van der Waals surface area contributed by atoms with Gasteiger partial charge >= 0.3 is 5.97 Å². The third-order valence-corrected chi connectivity index (χ3v) is 4.32. The average Bonchev–Trinajstić information content (AvgIpc) is 2.54. The maximum Gasteiger partial charge on any atom is 0.348 e. The topological polar surface area (TPSA) is 62.6 Å². The third-order valence-electron chi connectivity index (χ3n) is 4.32. The van der Waals surface area contributed by atoms with Gasteiger partial charge in [0.1, 0.15) is 11.6 Å². The van der Waals surface area contributed by atoms with E-state index in [1.165, 1.54) is 0 Å². The number of esters is 1. The molecule has 1 saturated carbocycles.